The molecule has 5 rings (SSSR count). The molecule has 0 bridgehead atoms. The molecule has 12 nitrogen and oxygen atoms in total. The molecule has 4 amide bonds. The zero-order chi connectivity index (χ0) is 39.2. The maximum Gasteiger partial charge on any atom is 0.408 e. The minimum Gasteiger partial charge on any atom is -0.504 e. The number of phenols is 1. The molecule has 5 atom stereocenters. The lowest BCUT2D eigenvalue weighted by Crippen LogP contribution is -2.67. The van der Waals surface area contributed by atoms with Crippen molar-refractivity contribution < 1.29 is 33.8 Å². The Hall–Kier alpha value is -4.94. The van der Waals surface area contributed by atoms with Crippen LogP contribution in [0.5, 0.6) is 11.5 Å². The third-order valence-corrected chi connectivity index (χ3v) is 10.8. The van der Waals surface area contributed by atoms with Crippen LogP contribution in [0.4, 0.5) is 10.5 Å². The molecule has 0 fully saturated rings. The number of ether oxygens (including phenoxy) is 2. The number of halogens is 2. The van der Waals surface area contributed by atoms with Crippen LogP contribution in [0.25, 0.3) is 10.9 Å². The van der Waals surface area contributed by atoms with Crippen molar-refractivity contribution in [3.05, 3.63) is 87.5 Å². The largest absolute Gasteiger partial charge is 0.504 e. The fraction of sp³-hybridized carbons (Fsp3) is 0.400. The van der Waals surface area contributed by atoms with Gasteiger partial charge in [-0.25, -0.2) is 4.79 Å². The van der Waals surface area contributed by atoms with E-state index in [1.165, 1.54) is 25.3 Å². The van der Waals surface area contributed by atoms with E-state index < -0.39 is 41.4 Å². The van der Waals surface area contributed by atoms with Gasteiger partial charge in [0.2, 0.25) is 17.7 Å². The molecular weight excluding hydrogens is 733 g/mol. The van der Waals surface area contributed by atoms with Crippen LogP contribution >= 0.6 is 23.2 Å². The number of hydrogen-bond acceptors (Lipinski definition) is 7. The predicted molar refractivity (Wildman–Crippen MR) is 209 cm³/mol. The lowest BCUT2D eigenvalue weighted by Gasteiger charge is -2.39. The summed E-state index contributed by atoms with van der Waals surface area (Å²) in [5.41, 5.74) is 1.86. The SMILES string of the molecule is CCC(C)[C@H](NC(=O)OCc1ccccc1)C(=O)N[C@@]1(C(=O)N[C@H](C(=O)Nc2ccc(O)c(OC)c2)C(C)CC)CCc2[nH]c3c(Cl)cc(Cl)cc3c2C1. The van der Waals surface area contributed by atoms with Crippen molar-refractivity contribution in [1.82, 2.24) is 20.9 Å². The summed E-state index contributed by atoms with van der Waals surface area (Å²) in [4.78, 5) is 59.4. The smallest absolute Gasteiger partial charge is 0.408 e. The van der Waals surface area contributed by atoms with Crippen LogP contribution in [0.1, 0.15) is 63.8 Å². The van der Waals surface area contributed by atoms with Gasteiger partial charge in [-0.2, -0.15) is 0 Å². The summed E-state index contributed by atoms with van der Waals surface area (Å²) in [5.74, 6) is -2.21. The molecule has 14 heteroatoms. The number of aromatic hydroxyl groups is 1. The molecule has 3 aromatic carbocycles. The lowest BCUT2D eigenvalue weighted by molar-refractivity contribution is -0.137. The molecule has 288 valence electrons. The Bertz CT molecular complexity index is 2010. The number of aromatic nitrogens is 1. The first-order valence-corrected chi connectivity index (χ1v) is 18.8. The number of aryl methyl sites for hydroxylation is 1. The molecule has 1 aromatic heterocycles. The van der Waals surface area contributed by atoms with E-state index in [1.54, 1.807) is 12.1 Å². The van der Waals surface area contributed by atoms with Gasteiger partial charge in [-0.1, -0.05) is 94.1 Å². The molecule has 0 saturated heterocycles. The average Bonchev–Trinajstić information content (AvgIpc) is 3.53. The molecule has 1 aliphatic carbocycles. The molecule has 0 spiro atoms. The molecule has 1 aliphatic rings. The highest BCUT2D eigenvalue weighted by molar-refractivity contribution is 6.38. The van der Waals surface area contributed by atoms with E-state index in [9.17, 15) is 24.3 Å². The number of aromatic amines is 1. The molecular formula is C40H47Cl2N5O7. The first-order chi connectivity index (χ1) is 25.8. The van der Waals surface area contributed by atoms with E-state index in [2.05, 4.69) is 26.3 Å². The van der Waals surface area contributed by atoms with E-state index in [0.29, 0.717) is 45.9 Å². The van der Waals surface area contributed by atoms with Gasteiger partial charge >= 0.3 is 6.09 Å². The summed E-state index contributed by atoms with van der Waals surface area (Å²) >= 11 is 13.0. The number of anilines is 1. The highest BCUT2D eigenvalue weighted by Gasteiger charge is 2.47. The van der Waals surface area contributed by atoms with Gasteiger partial charge in [-0.3, -0.25) is 14.4 Å². The second-order valence-electron chi connectivity index (χ2n) is 13.9. The summed E-state index contributed by atoms with van der Waals surface area (Å²) in [6.07, 6.45) is 0.893. The third kappa shape index (κ3) is 9.05. The van der Waals surface area contributed by atoms with Gasteiger partial charge < -0.3 is 40.8 Å². The van der Waals surface area contributed by atoms with Crippen LogP contribution in [0.15, 0.2) is 60.7 Å². The van der Waals surface area contributed by atoms with Crippen molar-refractivity contribution in [1.29, 1.82) is 0 Å². The van der Waals surface area contributed by atoms with Gasteiger partial charge in [-0.15, -0.1) is 0 Å². The Morgan fingerprint density at radius 2 is 1.61 bits per heavy atom. The highest BCUT2D eigenvalue weighted by atomic mass is 35.5. The van der Waals surface area contributed by atoms with Crippen molar-refractivity contribution in [2.45, 2.75) is 84.0 Å². The van der Waals surface area contributed by atoms with E-state index in [4.69, 9.17) is 32.7 Å². The van der Waals surface area contributed by atoms with Crippen molar-refractivity contribution in [2.75, 3.05) is 12.4 Å². The standard InChI is InChI=1S/C40H47Cl2N5O7/c1-6-22(3)33(36(49)43-26-13-14-31(48)32(19-26)53-5)45-38(51)40(16-15-30-28(20-40)27-17-25(41)18-29(42)35(27)44-30)47-37(50)34(23(4)7-2)46-39(52)54-21-24-11-9-8-10-12-24/h8-14,17-19,22-23,33-34,44,48H,6-7,15-16,20-21H2,1-5H3,(H,43,49)(H,45,51)(H,46,52)(H,47,50)/t22?,23?,33-,34-,40-/m0/s1. The number of hydrogen-bond donors (Lipinski definition) is 6. The van der Waals surface area contributed by atoms with Crippen molar-refractivity contribution >= 4 is 63.6 Å². The number of fused-ring (bicyclic) bond motifs is 3. The van der Waals surface area contributed by atoms with Gasteiger partial charge in [0.05, 0.1) is 17.6 Å². The quantitative estimate of drug-likeness (QED) is 0.0746. The summed E-state index contributed by atoms with van der Waals surface area (Å²) < 4.78 is 10.7. The Morgan fingerprint density at radius 1 is 0.926 bits per heavy atom. The Labute approximate surface area is 324 Å². The summed E-state index contributed by atoms with van der Waals surface area (Å²) in [5, 5.41) is 23.2. The van der Waals surface area contributed by atoms with Gasteiger partial charge in [0, 0.05) is 34.3 Å². The van der Waals surface area contributed by atoms with Crippen LogP contribution in [0, 0.1) is 11.8 Å². The minimum absolute atomic E-state index is 0.0122. The van der Waals surface area contributed by atoms with Crippen LogP contribution in [-0.2, 0) is 38.6 Å². The van der Waals surface area contributed by atoms with Crippen molar-refractivity contribution in [3.63, 3.8) is 0 Å². The van der Waals surface area contributed by atoms with E-state index >= 15 is 0 Å². The van der Waals surface area contributed by atoms with Gasteiger partial charge in [-0.05, 0) is 60.1 Å². The summed E-state index contributed by atoms with van der Waals surface area (Å²) in [6.45, 7) is 7.50. The number of alkyl carbamates (subject to hydrolysis) is 1. The van der Waals surface area contributed by atoms with Crippen LogP contribution in [-0.4, -0.2) is 58.6 Å². The van der Waals surface area contributed by atoms with E-state index in [0.717, 1.165) is 16.8 Å². The fourth-order valence-corrected chi connectivity index (χ4v) is 7.23. The monoisotopic (exact) mass is 779 g/mol. The number of amides is 4. The molecule has 0 saturated carbocycles. The first kappa shape index (κ1) is 40.2. The average molecular weight is 781 g/mol. The number of phenolic OH excluding ortho intramolecular Hbond substituents is 1. The Balaban J connectivity index is 1.47. The highest BCUT2D eigenvalue weighted by Crippen LogP contribution is 2.38. The zero-order valence-electron chi connectivity index (χ0n) is 31.0. The van der Waals surface area contributed by atoms with E-state index in [-0.39, 0.29) is 42.8 Å². The topological polar surface area (TPSA) is 171 Å². The second kappa shape index (κ2) is 17.5. The Morgan fingerprint density at radius 3 is 2.28 bits per heavy atom. The molecule has 1 heterocycles. The number of carbonyl (C=O) groups is 4. The Kier molecular flexibility index (Phi) is 13.0. The maximum atomic E-state index is 14.8. The normalized spacial score (nSPS) is 17.3. The van der Waals surface area contributed by atoms with Crippen LogP contribution < -0.4 is 26.0 Å². The van der Waals surface area contributed by atoms with Gasteiger partial charge in [0.15, 0.2) is 11.5 Å². The molecule has 0 aliphatic heterocycles. The van der Waals surface area contributed by atoms with Gasteiger partial charge in [0.25, 0.3) is 0 Å². The summed E-state index contributed by atoms with van der Waals surface area (Å²) in [7, 11) is 1.40. The molecule has 0 radical (unpaired) electrons. The first-order valence-electron chi connectivity index (χ1n) is 18.1. The number of H-pyrrole nitrogens is 1. The number of rotatable bonds is 14. The number of carbonyl (C=O) groups excluding carboxylic acids is 4. The van der Waals surface area contributed by atoms with E-state index in [1.807, 2.05) is 58.0 Å². The lowest BCUT2D eigenvalue weighted by atomic mass is 9.78. The van der Waals surface area contributed by atoms with Crippen LogP contribution in [0.3, 0.4) is 0 Å². The number of benzene rings is 3. The minimum atomic E-state index is -1.55. The molecule has 4 aromatic rings. The van der Waals surface area contributed by atoms with Crippen molar-refractivity contribution in [3.8, 4) is 11.5 Å². The van der Waals surface area contributed by atoms with Crippen molar-refractivity contribution in [2.24, 2.45) is 11.8 Å². The summed E-state index contributed by atoms with van der Waals surface area (Å²) in [6, 6.07) is 14.9. The third-order valence-electron chi connectivity index (χ3n) is 10.3. The fourth-order valence-electron chi connectivity index (χ4n) is 6.69. The van der Waals surface area contributed by atoms with Gasteiger partial charge in [0.1, 0.15) is 24.2 Å². The molecule has 54 heavy (non-hydrogen) atoms. The second-order valence-corrected chi connectivity index (χ2v) is 14.8. The predicted octanol–water partition coefficient (Wildman–Crippen LogP) is 7.04. The molecule has 6 N–H and O–H groups in total. The number of nitrogens with one attached hydrogen (secondary N) is 5. The maximum absolute atomic E-state index is 14.8. The van der Waals surface area contributed by atoms with Crippen LogP contribution in [0.2, 0.25) is 10.0 Å². The molecule has 2 unspecified atom stereocenters. The number of methoxy groups -OCH3 is 1. The zero-order valence-corrected chi connectivity index (χ0v) is 32.5.